The number of ether oxygens (including phenoxy) is 2. The van der Waals surface area contributed by atoms with E-state index in [1.165, 1.54) is 12.1 Å². The van der Waals surface area contributed by atoms with Crippen molar-refractivity contribution in [3.05, 3.63) is 69.9 Å². The smallest absolute Gasteiger partial charge is 0.274 e. The maximum Gasteiger partial charge on any atom is 0.274 e. The van der Waals surface area contributed by atoms with Crippen LogP contribution in [0.15, 0.2) is 41.5 Å². The molecule has 0 bridgehead atoms. The van der Waals surface area contributed by atoms with Crippen LogP contribution in [0.4, 0.5) is 4.39 Å². The summed E-state index contributed by atoms with van der Waals surface area (Å²) < 4.78 is 26.3. The zero-order valence-electron chi connectivity index (χ0n) is 16.7. The molecule has 8 heteroatoms. The van der Waals surface area contributed by atoms with Crippen LogP contribution in [0.2, 0.25) is 0 Å². The second-order valence-corrected chi connectivity index (χ2v) is 8.12. The minimum absolute atomic E-state index is 0.108. The Kier molecular flexibility index (Phi) is 5.37. The first kappa shape index (κ1) is 19.4. The zero-order chi connectivity index (χ0) is 20.5. The number of aromatic nitrogens is 3. The fourth-order valence-electron chi connectivity index (χ4n) is 4.21. The Labute approximate surface area is 173 Å². The van der Waals surface area contributed by atoms with E-state index in [4.69, 9.17) is 9.47 Å². The first-order chi connectivity index (χ1) is 14.7. The maximum atomic E-state index is 13.0. The van der Waals surface area contributed by atoms with Gasteiger partial charge >= 0.3 is 0 Å². The van der Waals surface area contributed by atoms with Crippen LogP contribution in [-0.4, -0.2) is 51.7 Å². The molecule has 0 saturated carbocycles. The van der Waals surface area contributed by atoms with Crippen molar-refractivity contribution in [2.45, 2.75) is 38.0 Å². The van der Waals surface area contributed by atoms with Crippen LogP contribution in [0.3, 0.4) is 0 Å². The lowest BCUT2D eigenvalue weighted by Crippen LogP contribution is -2.51. The second kappa shape index (κ2) is 8.29. The summed E-state index contributed by atoms with van der Waals surface area (Å²) >= 11 is 0. The number of hydrogen-bond acceptors (Lipinski definition) is 5. The van der Waals surface area contributed by atoms with Crippen LogP contribution in [0.5, 0.6) is 0 Å². The average molecular weight is 412 g/mol. The molecule has 4 heterocycles. The van der Waals surface area contributed by atoms with Gasteiger partial charge < -0.3 is 14.5 Å². The number of imidazole rings is 1. The molecule has 2 aromatic heterocycles. The summed E-state index contributed by atoms with van der Waals surface area (Å²) in [6.07, 6.45) is 5.68. The van der Waals surface area contributed by atoms with Gasteiger partial charge in [-0.05, 0) is 30.5 Å². The van der Waals surface area contributed by atoms with E-state index in [0.717, 1.165) is 56.2 Å². The van der Waals surface area contributed by atoms with Crippen molar-refractivity contribution >= 4 is 5.52 Å². The molecule has 1 N–H and O–H groups in total. The second-order valence-electron chi connectivity index (χ2n) is 8.12. The van der Waals surface area contributed by atoms with Gasteiger partial charge in [-0.15, -0.1) is 0 Å². The van der Waals surface area contributed by atoms with E-state index in [1.807, 2.05) is 10.6 Å². The Morgan fingerprint density at radius 3 is 2.73 bits per heavy atom. The van der Waals surface area contributed by atoms with E-state index in [9.17, 15) is 9.18 Å². The number of nitrogens with zero attached hydrogens (tertiary/aromatic N) is 3. The first-order valence-corrected chi connectivity index (χ1v) is 10.4. The van der Waals surface area contributed by atoms with Crippen molar-refractivity contribution in [2.75, 3.05) is 26.3 Å². The number of halogens is 1. The molecule has 2 aliphatic rings. The number of likely N-dealkylation sites (tertiary alicyclic amines) is 1. The summed E-state index contributed by atoms with van der Waals surface area (Å²) in [6, 6.07) is 6.38. The molecule has 2 saturated heterocycles. The molecule has 2 aliphatic heterocycles. The molecule has 0 unspecified atom stereocenters. The van der Waals surface area contributed by atoms with E-state index in [2.05, 4.69) is 14.9 Å². The van der Waals surface area contributed by atoms with Gasteiger partial charge in [0, 0.05) is 50.7 Å². The van der Waals surface area contributed by atoms with Gasteiger partial charge in [-0.1, -0.05) is 12.1 Å². The summed E-state index contributed by atoms with van der Waals surface area (Å²) in [7, 11) is 0. The van der Waals surface area contributed by atoms with Gasteiger partial charge in [0.25, 0.3) is 5.56 Å². The minimum atomic E-state index is -0.239. The molecule has 158 valence electrons. The van der Waals surface area contributed by atoms with Crippen LogP contribution in [-0.2, 0) is 22.6 Å². The predicted octanol–water partition coefficient (Wildman–Crippen LogP) is 2.46. The quantitative estimate of drug-likeness (QED) is 0.674. The molecule has 0 radical (unpaired) electrons. The highest BCUT2D eigenvalue weighted by atomic mass is 19.1. The summed E-state index contributed by atoms with van der Waals surface area (Å²) in [6.45, 7) is 4.22. The number of benzene rings is 1. The first-order valence-electron chi connectivity index (χ1n) is 10.4. The Balaban J connectivity index is 1.21. The molecule has 30 heavy (non-hydrogen) atoms. The van der Waals surface area contributed by atoms with Crippen LogP contribution >= 0.6 is 0 Å². The lowest BCUT2D eigenvalue weighted by molar-refractivity contribution is -0.0663. The Morgan fingerprint density at radius 2 is 1.97 bits per heavy atom. The van der Waals surface area contributed by atoms with E-state index in [0.29, 0.717) is 24.6 Å². The normalized spacial score (nSPS) is 18.7. The van der Waals surface area contributed by atoms with Crippen molar-refractivity contribution in [2.24, 2.45) is 0 Å². The summed E-state index contributed by atoms with van der Waals surface area (Å²) in [4.78, 5) is 22.3. The molecule has 0 spiro atoms. The topological polar surface area (TPSA) is 71.9 Å². The van der Waals surface area contributed by atoms with Gasteiger partial charge in [-0.25, -0.2) is 9.37 Å². The maximum absolute atomic E-state index is 13.0. The molecule has 0 amide bonds. The van der Waals surface area contributed by atoms with Gasteiger partial charge in [0.05, 0.1) is 18.9 Å². The van der Waals surface area contributed by atoms with Gasteiger partial charge in [0.2, 0.25) is 0 Å². The summed E-state index contributed by atoms with van der Waals surface area (Å²) in [5, 5.41) is 0. The van der Waals surface area contributed by atoms with Crippen molar-refractivity contribution in [1.82, 2.24) is 19.3 Å². The molecular formula is C22H25FN4O3. The Morgan fingerprint density at radius 1 is 1.20 bits per heavy atom. The lowest BCUT2D eigenvalue weighted by atomic mass is 10.00. The van der Waals surface area contributed by atoms with Gasteiger partial charge in [-0.2, -0.15) is 0 Å². The third kappa shape index (κ3) is 4.03. The number of fused-ring (bicyclic) bond motifs is 1. The number of nitrogens with one attached hydrogen (secondary N) is 1. The highest BCUT2D eigenvalue weighted by Crippen LogP contribution is 2.26. The summed E-state index contributed by atoms with van der Waals surface area (Å²) in [5.74, 6) is 1.03. The molecule has 0 atom stereocenters. The molecule has 1 aromatic carbocycles. The SMILES string of the molecule is O=c1[nH]c(CN2CC(OCc3ccc(F)cc3)C2)cn2c(C3CCOCC3)ncc12. The van der Waals surface area contributed by atoms with E-state index >= 15 is 0 Å². The third-order valence-electron chi connectivity index (χ3n) is 5.92. The fraction of sp³-hybridized carbons (Fsp3) is 0.455. The van der Waals surface area contributed by atoms with Crippen molar-refractivity contribution in [1.29, 1.82) is 0 Å². The summed E-state index contributed by atoms with van der Waals surface area (Å²) in [5.41, 5.74) is 2.31. The average Bonchev–Trinajstić information content (AvgIpc) is 3.16. The fourth-order valence-corrected chi connectivity index (χ4v) is 4.21. The van der Waals surface area contributed by atoms with E-state index < -0.39 is 0 Å². The zero-order valence-corrected chi connectivity index (χ0v) is 16.7. The molecule has 0 aliphatic carbocycles. The van der Waals surface area contributed by atoms with Crippen molar-refractivity contribution in [3.8, 4) is 0 Å². The number of rotatable bonds is 6. The Bertz CT molecular complexity index is 1070. The van der Waals surface area contributed by atoms with Gasteiger partial charge in [0.1, 0.15) is 17.2 Å². The minimum Gasteiger partial charge on any atom is -0.381 e. The standard InChI is InChI=1S/C22H25FN4O3/c23-17-3-1-15(2-4-17)14-30-19-12-26(13-19)10-18-11-27-20(22(28)25-18)9-24-21(27)16-5-7-29-8-6-16/h1-4,9,11,16,19H,5-8,10,12-14H2,(H,25,28). The van der Waals surface area contributed by atoms with Crippen LogP contribution in [0, 0.1) is 5.82 Å². The molecule has 2 fully saturated rings. The highest BCUT2D eigenvalue weighted by Gasteiger charge is 2.28. The van der Waals surface area contributed by atoms with Crippen LogP contribution < -0.4 is 5.56 Å². The van der Waals surface area contributed by atoms with E-state index in [-0.39, 0.29) is 17.5 Å². The monoisotopic (exact) mass is 412 g/mol. The van der Waals surface area contributed by atoms with Crippen molar-refractivity contribution in [3.63, 3.8) is 0 Å². The Hall–Kier alpha value is -2.55. The highest BCUT2D eigenvalue weighted by molar-refractivity contribution is 5.44. The largest absolute Gasteiger partial charge is 0.381 e. The van der Waals surface area contributed by atoms with Crippen LogP contribution in [0.25, 0.3) is 5.52 Å². The molecular weight excluding hydrogens is 387 g/mol. The third-order valence-corrected chi connectivity index (χ3v) is 5.92. The van der Waals surface area contributed by atoms with E-state index in [1.54, 1.807) is 18.3 Å². The lowest BCUT2D eigenvalue weighted by Gasteiger charge is -2.38. The molecule has 5 rings (SSSR count). The number of hydrogen-bond donors (Lipinski definition) is 1. The molecule has 7 nitrogen and oxygen atoms in total. The predicted molar refractivity (Wildman–Crippen MR) is 109 cm³/mol. The number of aromatic amines is 1. The van der Waals surface area contributed by atoms with Crippen LogP contribution in [0.1, 0.15) is 35.8 Å². The number of H-pyrrole nitrogens is 1. The van der Waals surface area contributed by atoms with Gasteiger partial charge in [-0.3, -0.25) is 14.1 Å². The van der Waals surface area contributed by atoms with Crippen molar-refractivity contribution < 1.29 is 13.9 Å². The van der Waals surface area contributed by atoms with Gasteiger partial charge in [0.15, 0.2) is 0 Å². The molecule has 3 aromatic rings.